The molecule has 0 bridgehead atoms. The molecule has 0 saturated carbocycles. The minimum absolute atomic E-state index is 0.0867. The van der Waals surface area contributed by atoms with Crippen LogP contribution in [0, 0.1) is 6.92 Å². The van der Waals surface area contributed by atoms with Gasteiger partial charge < -0.3 is 24.6 Å². The Kier molecular flexibility index (Phi) is 6.73. The summed E-state index contributed by atoms with van der Waals surface area (Å²) in [5, 5.41) is 5.93. The van der Waals surface area contributed by atoms with Crippen molar-refractivity contribution in [3.8, 4) is 11.5 Å². The van der Waals surface area contributed by atoms with Crippen LogP contribution in [0.15, 0.2) is 66.7 Å². The molecule has 0 aliphatic carbocycles. The SMILES string of the molecule is Cc1ccccc1C(=O)N1CCN(c2ccc(NC(=S)NC(=O)c3ccc4c(c3)OCO4)cc2)CC1. The quantitative estimate of drug-likeness (QED) is 0.525. The molecule has 0 radical (unpaired) electrons. The standard InChI is InChI=1S/C27H26N4O4S/c1-18-4-2-3-5-22(18)26(33)31-14-12-30(13-15-31)21-9-7-20(8-10-21)28-27(36)29-25(32)19-6-11-23-24(16-19)35-17-34-23/h2-11,16H,12-15,17H2,1H3,(H2,28,29,32,36). The summed E-state index contributed by atoms with van der Waals surface area (Å²) < 4.78 is 10.6. The van der Waals surface area contributed by atoms with E-state index in [1.54, 1.807) is 18.2 Å². The molecule has 9 heteroatoms. The summed E-state index contributed by atoms with van der Waals surface area (Å²) in [4.78, 5) is 29.6. The van der Waals surface area contributed by atoms with Crippen LogP contribution in [0.3, 0.4) is 0 Å². The van der Waals surface area contributed by atoms with Crippen molar-refractivity contribution >= 4 is 40.5 Å². The first kappa shape index (κ1) is 23.6. The van der Waals surface area contributed by atoms with Gasteiger partial charge in [-0.15, -0.1) is 0 Å². The molecule has 2 N–H and O–H groups in total. The van der Waals surface area contributed by atoms with E-state index in [1.165, 1.54) is 0 Å². The van der Waals surface area contributed by atoms with E-state index in [0.717, 1.165) is 35.6 Å². The Hall–Kier alpha value is -4.11. The van der Waals surface area contributed by atoms with Crippen LogP contribution in [-0.2, 0) is 0 Å². The second kappa shape index (κ2) is 10.2. The number of anilines is 2. The lowest BCUT2D eigenvalue weighted by molar-refractivity contribution is 0.0746. The van der Waals surface area contributed by atoms with E-state index < -0.39 is 0 Å². The molecule has 5 rings (SSSR count). The smallest absolute Gasteiger partial charge is 0.257 e. The molecule has 0 aromatic heterocycles. The number of ether oxygens (including phenoxy) is 2. The van der Waals surface area contributed by atoms with Gasteiger partial charge in [-0.1, -0.05) is 18.2 Å². The monoisotopic (exact) mass is 502 g/mol. The van der Waals surface area contributed by atoms with Crippen molar-refractivity contribution in [1.29, 1.82) is 0 Å². The van der Waals surface area contributed by atoms with E-state index in [9.17, 15) is 9.59 Å². The topological polar surface area (TPSA) is 83.1 Å². The average Bonchev–Trinajstić information content (AvgIpc) is 3.37. The summed E-state index contributed by atoms with van der Waals surface area (Å²) in [5.41, 5.74) is 4.03. The van der Waals surface area contributed by atoms with E-state index in [-0.39, 0.29) is 23.7 Å². The van der Waals surface area contributed by atoms with Crippen LogP contribution in [0.1, 0.15) is 26.3 Å². The van der Waals surface area contributed by atoms with Crippen LogP contribution >= 0.6 is 12.2 Å². The molecular formula is C27H26N4O4S. The van der Waals surface area contributed by atoms with Gasteiger partial charge in [0.05, 0.1) is 0 Å². The molecule has 1 saturated heterocycles. The minimum Gasteiger partial charge on any atom is -0.454 e. The third kappa shape index (κ3) is 5.11. The summed E-state index contributed by atoms with van der Waals surface area (Å²) in [6.07, 6.45) is 0. The number of carbonyl (C=O) groups is 2. The summed E-state index contributed by atoms with van der Waals surface area (Å²) in [6, 6.07) is 20.5. The number of hydrogen-bond acceptors (Lipinski definition) is 6. The molecule has 2 aliphatic heterocycles. The number of hydrogen-bond donors (Lipinski definition) is 2. The van der Waals surface area contributed by atoms with Crippen LogP contribution in [0.4, 0.5) is 11.4 Å². The molecule has 2 aliphatic rings. The van der Waals surface area contributed by atoms with Gasteiger partial charge in [0, 0.05) is 48.7 Å². The van der Waals surface area contributed by atoms with Crippen LogP contribution < -0.4 is 25.0 Å². The van der Waals surface area contributed by atoms with Gasteiger partial charge in [0.25, 0.3) is 11.8 Å². The van der Waals surface area contributed by atoms with E-state index in [0.29, 0.717) is 30.2 Å². The van der Waals surface area contributed by atoms with Gasteiger partial charge in [-0.2, -0.15) is 0 Å². The maximum Gasteiger partial charge on any atom is 0.257 e. The molecular weight excluding hydrogens is 476 g/mol. The maximum absolute atomic E-state index is 12.9. The van der Waals surface area contributed by atoms with Gasteiger partial charge >= 0.3 is 0 Å². The number of piperazine rings is 1. The van der Waals surface area contributed by atoms with E-state index in [1.807, 2.05) is 60.4 Å². The highest BCUT2D eigenvalue weighted by atomic mass is 32.1. The molecule has 1 fully saturated rings. The molecule has 0 unspecified atom stereocenters. The molecule has 184 valence electrons. The van der Waals surface area contributed by atoms with Crippen molar-refractivity contribution in [2.45, 2.75) is 6.92 Å². The lowest BCUT2D eigenvalue weighted by Crippen LogP contribution is -2.48. The summed E-state index contributed by atoms with van der Waals surface area (Å²) in [6.45, 7) is 4.97. The lowest BCUT2D eigenvalue weighted by atomic mass is 10.1. The Morgan fingerprint density at radius 3 is 2.36 bits per heavy atom. The fourth-order valence-corrected chi connectivity index (χ4v) is 4.49. The van der Waals surface area contributed by atoms with Crippen LogP contribution in [-0.4, -0.2) is 54.8 Å². The Labute approximate surface area is 214 Å². The number of rotatable bonds is 4. The minimum atomic E-state index is -0.333. The highest BCUT2D eigenvalue weighted by molar-refractivity contribution is 7.80. The van der Waals surface area contributed by atoms with Crippen molar-refractivity contribution in [2.75, 3.05) is 43.2 Å². The molecule has 2 amide bonds. The molecule has 0 atom stereocenters. The summed E-state index contributed by atoms with van der Waals surface area (Å²) >= 11 is 5.31. The Morgan fingerprint density at radius 1 is 0.889 bits per heavy atom. The number of nitrogens with zero attached hydrogens (tertiary/aromatic N) is 2. The van der Waals surface area contributed by atoms with Crippen molar-refractivity contribution < 1.29 is 19.1 Å². The lowest BCUT2D eigenvalue weighted by Gasteiger charge is -2.36. The summed E-state index contributed by atoms with van der Waals surface area (Å²) in [5.74, 6) is 0.910. The number of thiocarbonyl (C=S) groups is 1. The molecule has 2 heterocycles. The Bertz CT molecular complexity index is 1300. The number of carbonyl (C=O) groups excluding carboxylic acids is 2. The third-order valence-electron chi connectivity index (χ3n) is 6.29. The van der Waals surface area contributed by atoms with E-state index in [2.05, 4.69) is 15.5 Å². The highest BCUT2D eigenvalue weighted by Crippen LogP contribution is 2.32. The van der Waals surface area contributed by atoms with Crippen LogP contribution in [0.25, 0.3) is 0 Å². The van der Waals surface area contributed by atoms with E-state index in [4.69, 9.17) is 21.7 Å². The van der Waals surface area contributed by atoms with Crippen molar-refractivity contribution in [2.24, 2.45) is 0 Å². The zero-order chi connectivity index (χ0) is 25.1. The number of nitrogens with one attached hydrogen (secondary N) is 2. The molecule has 36 heavy (non-hydrogen) atoms. The average molecular weight is 503 g/mol. The fourth-order valence-electron chi connectivity index (χ4n) is 4.28. The van der Waals surface area contributed by atoms with E-state index >= 15 is 0 Å². The molecule has 3 aromatic rings. The molecule has 0 spiro atoms. The van der Waals surface area contributed by atoms with Crippen LogP contribution in [0.2, 0.25) is 0 Å². The van der Waals surface area contributed by atoms with Crippen LogP contribution in [0.5, 0.6) is 11.5 Å². The molecule has 8 nitrogen and oxygen atoms in total. The second-order valence-electron chi connectivity index (χ2n) is 8.62. The van der Waals surface area contributed by atoms with Crippen molar-refractivity contribution in [1.82, 2.24) is 10.2 Å². The Balaban J connectivity index is 1.12. The first-order valence-electron chi connectivity index (χ1n) is 11.7. The zero-order valence-corrected chi connectivity index (χ0v) is 20.6. The van der Waals surface area contributed by atoms with Gasteiger partial charge in [0.1, 0.15) is 0 Å². The van der Waals surface area contributed by atoms with Gasteiger partial charge in [0.15, 0.2) is 16.6 Å². The number of fused-ring (bicyclic) bond motifs is 1. The van der Waals surface area contributed by atoms with Gasteiger partial charge in [0.2, 0.25) is 6.79 Å². The first-order valence-corrected chi connectivity index (χ1v) is 12.1. The number of amides is 2. The third-order valence-corrected chi connectivity index (χ3v) is 6.50. The zero-order valence-electron chi connectivity index (χ0n) is 19.8. The van der Waals surface area contributed by atoms with Gasteiger partial charge in [-0.25, -0.2) is 0 Å². The second-order valence-corrected chi connectivity index (χ2v) is 9.03. The van der Waals surface area contributed by atoms with Crippen molar-refractivity contribution in [3.63, 3.8) is 0 Å². The summed E-state index contributed by atoms with van der Waals surface area (Å²) in [7, 11) is 0. The Morgan fingerprint density at radius 2 is 1.61 bits per heavy atom. The predicted molar refractivity (Wildman–Crippen MR) is 142 cm³/mol. The first-order chi connectivity index (χ1) is 17.5. The van der Waals surface area contributed by atoms with Gasteiger partial charge in [-0.05, 0) is 73.2 Å². The fraction of sp³-hybridized carbons (Fsp3) is 0.222. The maximum atomic E-state index is 12.9. The van der Waals surface area contributed by atoms with Gasteiger partial charge in [-0.3, -0.25) is 14.9 Å². The normalized spacial score (nSPS) is 14.4. The largest absolute Gasteiger partial charge is 0.454 e. The molecule has 3 aromatic carbocycles. The number of benzene rings is 3. The highest BCUT2D eigenvalue weighted by Gasteiger charge is 2.23. The number of aryl methyl sites for hydroxylation is 1. The van der Waals surface area contributed by atoms with Crippen molar-refractivity contribution in [3.05, 3.63) is 83.4 Å². The predicted octanol–water partition coefficient (Wildman–Crippen LogP) is 3.81.